The number of carboxylic acids is 1. The monoisotopic (exact) mass is 356 g/mol. The van der Waals surface area contributed by atoms with Crippen LogP contribution in [0.2, 0.25) is 5.02 Å². The Kier molecular flexibility index (Phi) is 3.69. The topological polar surface area (TPSA) is 83.6 Å². The van der Waals surface area contributed by atoms with E-state index in [-0.39, 0.29) is 23.6 Å². The highest BCUT2D eigenvalue weighted by molar-refractivity contribution is 6.32. The Bertz CT molecular complexity index is 1010. The maximum atomic E-state index is 12.6. The minimum Gasteiger partial charge on any atom is -0.478 e. The fourth-order valence-corrected chi connectivity index (χ4v) is 3.33. The summed E-state index contributed by atoms with van der Waals surface area (Å²) in [5.74, 6) is -0.700. The van der Waals surface area contributed by atoms with E-state index in [1.54, 1.807) is 29.4 Å². The summed E-state index contributed by atoms with van der Waals surface area (Å²) in [5, 5.41) is 10.2. The van der Waals surface area contributed by atoms with Crippen molar-refractivity contribution in [1.82, 2.24) is 9.88 Å². The largest absolute Gasteiger partial charge is 0.478 e. The van der Waals surface area contributed by atoms with Crippen molar-refractivity contribution in [2.75, 3.05) is 6.54 Å². The summed E-state index contributed by atoms with van der Waals surface area (Å²) in [6.45, 7) is 0.831. The molecule has 0 spiro atoms. The lowest BCUT2D eigenvalue weighted by atomic mass is 10.0. The van der Waals surface area contributed by atoms with Crippen molar-refractivity contribution in [2.24, 2.45) is 0 Å². The van der Waals surface area contributed by atoms with Gasteiger partial charge in [0.15, 0.2) is 0 Å². The molecule has 126 valence electrons. The molecule has 1 aliphatic rings. The number of pyridine rings is 1. The summed E-state index contributed by atoms with van der Waals surface area (Å²) in [4.78, 5) is 29.6. The Balaban J connectivity index is 1.67. The van der Waals surface area contributed by atoms with Gasteiger partial charge in [-0.15, -0.1) is 0 Å². The molecule has 2 aromatic heterocycles. The van der Waals surface area contributed by atoms with Crippen LogP contribution in [0, 0.1) is 0 Å². The molecule has 0 saturated carbocycles. The van der Waals surface area contributed by atoms with E-state index < -0.39 is 5.97 Å². The van der Waals surface area contributed by atoms with E-state index in [1.807, 2.05) is 6.07 Å². The summed E-state index contributed by atoms with van der Waals surface area (Å²) in [5.41, 5.74) is 1.85. The second-order valence-corrected chi connectivity index (χ2v) is 6.34. The molecule has 0 saturated heterocycles. The molecule has 0 aliphatic carbocycles. The minimum atomic E-state index is -1.11. The lowest BCUT2D eigenvalue weighted by Gasteiger charge is -2.27. The van der Waals surface area contributed by atoms with E-state index >= 15 is 0 Å². The first-order valence-electron chi connectivity index (χ1n) is 7.70. The number of aromatic nitrogens is 1. The zero-order chi connectivity index (χ0) is 17.6. The van der Waals surface area contributed by atoms with Crippen LogP contribution in [0.4, 0.5) is 0 Å². The zero-order valence-corrected chi connectivity index (χ0v) is 13.8. The zero-order valence-electron chi connectivity index (χ0n) is 13.0. The third-order valence-electron chi connectivity index (χ3n) is 4.29. The molecule has 3 heterocycles. The first-order chi connectivity index (χ1) is 12.0. The third-order valence-corrected chi connectivity index (χ3v) is 4.51. The van der Waals surface area contributed by atoms with Crippen LogP contribution >= 0.6 is 11.6 Å². The molecule has 1 N–H and O–H groups in total. The van der Waals surface area contributed by atoms with Gasteiger partial charge in [-0.2, -0.15) is 0 Å². The van der Waals surface area contributed by atoms with Crippen molar-refractivity contribution >= 4 is 34.4 Å². The highest BCUT2D eigenvalue weighted by Gasteiger charge is 2.25. The Morgan fingerprint density at radius 3 is 3.00 bits per heavy atom. The van der Waals surface area contributed by atoms with Crippen LogP contribution < -0.4 is 0 Å². The van der Waals surface area contributed by atoms with Crippen LogP contribution in [0.25, 0.3) is 11.0 Å². The van der Waals surface area contributed by atoms with Crippen molar-refractivity contribution in [2.45, 2.75) is 13.0 Å². The number of benzene rings is 1. The number of rotatable bonds is 3. The van der Waals surface area contributed by atoms with Crippen molar-refractivity contribution in [1.29, 1.82) is 0 Å². The summed E-state index contributed by atoms with van der Waals surface area (Å²) in [6, 6.07) is 6.58. The number of hydrogen-bond donors (Lipinski definition) is 1. The van der Waals surface area contributed by atoms with E-state index in [0.717, 1.165) is 12.0 Å². The molecule has 0 atom stereocenters. The highest BCUT2D eigenvalue weighted by Crippen LogP contribution is 2.29. The Hall–Kier alpha value is -2.86. The maximum Gasteiger partial charge on any atom is 0.339 e. The van der Waals surface area contributed by atoms with Gasteiger partial charge in [0, 0.05) is 29.3 Å². The number of carbonyl (C=O) groups excluding carboxylic acids is 1. The van der Waals surface area contributed by atoms with Crippen molar-refractivity contribution in [3.8, 4) is 0 Å². The van der Waals surface area contributed by atoms with Gasteiger partial charge in [0.2, 0.25) is 0 Å². The Morgan fingerprint density at radius 2 is 2.20 bits per heavy atom. The van der Waals surface area contributed by atoms with Gasteiger partial charge in [-0.1, -0.05) is 11.6 Å². The standard InChI is InChI=1S/C18H13ClN2O4/c19-12-5-11-6-13(25-16(11)14(7-12)18(23)24)9-21-4-2-10-1-3-20-8-15(10)17(21)22/h1,3,5-8H,2,4,9H2,(H,23,24). The Labute approximate surface area is 147 Å². The first kappa shape index (κ1) is 15.7. The van der Waals surface area contributed by atoms with Crippen LogP contribution in [0.15, 0.2) is 41.1 Å². The molecule has 1 aliphatic heterocycles. The number of amides is 1. The van der Waals surface area contributed by atoms with Crippen LogP contribution in [0.1, 0.15) is 32.0 Å². The maximum absolute atomic E-state index is 12.6. The van der Waals surface area contributed by atoms with E-state index in [2.05, 4.69) is 4.98 Å². The van der Waals surface area contributed by atoms with E-state index in [4.69, 9.17) is 16.0 Å². The molecule has 0 fully saturated rings. The summed E-state index contributed by atoms with van der Waals surface area (Å²) >= 11 is 5.97. The van der Waals surface area contributed by atoms with E-state index in [9.17, 15) is 14.7 Å². The van der Waals surface area contributed by atoms with Crippen molar-refractivity contribution < 1.29 is 19.1 Å². The van der Waals surface area contributed by atoms with Gasteiger partial charge in [-0.25, -0.2) is 4.79 Å². The molecule has 6 nitrogen and oxygen atoms in total. The van der Waals surface area contributed by atoms with Crippen LogP contribution in [-0.4, -0.2) is 33.4 Å². The predicted molar refractivity (Wildman–Crippen MR) is 90.9 cm³/mol. The molecule has 0 radical (unpaired) electrons. The second kappa shape index (κ2) is 5.89. The fraction of sp³-hybridized carbons (Fsp3) is 0.167. The Morgan fingerprint density at radius 1 is 1.36 bits per heavy atom. The molecular weight excluding hydrogens is 344 g/mol. The molecule has 0 bridgehead atoms. The van der Waals surface area contributed by atoms with Crippen LogP contribution in [-0.2, 0) is 13.0 Å². The molecule has 0 unspecified atom stereocenters. The summed E-state index contributed by atoms with van der Waals surface area (Å²) in [7, 11) is 0. The number of hydrogen-bond acceptors (Lipinski definition) is 4. The molecule has 1 aromatic carbocycles. The number of furan rings is 1. The summed E-state index contributed by atoms with van der Waals surface area (Å²) < 4.78 is 5.71. The lowest BCUT2D eigenvalue weighted by Crippen LogP contribution is -2.37. The van der Waals surface area contributed by atoms with Gasteiger partial charge < -0.3 is 14.4 Å². The minimum absolute atomic E-state index is 0.00765. The second-order valence-electron chi connectivity index (χ2n) is 5.90. The third kappa shape index (κ3) is 2.74. The van der Waals surface area contributed by atoms with E-state index in [1.165, 1.54) is 6.07 Å². The van der Waals surface area contributed by atoms with Gasteiger partial charge in [0.1, 0.15) is 16.9 Å². The van der Waals surface area contributed by atoms with E-state index in [0.29, 0.717) is 28.3 Å². The number of carbonyl (C=O) groups is 2. The average molecular weight is 357 g/mol. The van der Waals surface area contributed by atoms with Crippen molar-refractivity contribution in [3.05, 3.63) is 64.1 Å². The quantitative estimate of drug-likeness (QED) is 0.777. The van der Waals surface area contributed by atoms with Crippen LogP contribution in [0.3, 0.4) is 0 Å². The lowest BCUT2D eigenvalue weighted by molar-refractivity contribution is 0.0690. The van der Waals surface area contributed by atoms with Gasteiger partial charge in [-0.3, -0.25) is 9.78 Å². The number of aromatic carboxylic acids is 1. The van der Waals surface area contributed by atoms with Gasteiger partial charge >= 0.3 is 5.97 Å². The smallest absolute Gasteiger partial charge is 0.339 e. The predicted octanol–water partition coefficient (Wildman–Crippen LogP) is 3.38. The first-order valence-corrected chi connectivity index (χ1v) is 8.08. The molecule has 3 aromatic rings. The fourth-order valence-electron chi connectivity index (χ4n) is 3.11. The SMILES string of the molecule is O=C(O)c1cc(Cl)cc2cc(CN3CCc4ccncc4C3=O)oc12. The molecule has 25 heavy (non-hydrogen) atoms. The molecule has 4 rings (SSSR count). The van der Waals surface area contributed by atoms with Crippen molar-refractivity contribution in [3.63, 3.8) is 0 Å². The van der Waals surface area contributed by atoms with Gasteiger partial charge in [-0.05, 0) is 36.2 Å². The normalized spacial score (nSPS) is 14.0. The summed E-state index contributed by atoms with van der Waals surface area (Å²) in [6.07, 6.45) is 4.00. The number of fused-ring (bicyclic) bond motifs is 2. The number of nitrogens with zero attached hydrogens (tertiary/aromatic N) is 2. The number of halogens is 1. The highest BCUT2D eigenvalue weighted by atomic mass is 35.5. The average Bonchev–Trinajstić information content (AvgIpc) is 2.99. The van der Waals surface area contributed by atoms with Crippen LogP contribution in [0.5, 0.6) is 0 Å². The van der Waals surface area contributed by atoms with Gasteiger partial charge in [0.05, 0.1) is 12.1 Å². The number of carboxylic acid groups (broad SMARTS) is 1. The van der Waals surface area contributed by atoms with Gasteiger partial charge in [0.25, 0.3) is 5.91 Å². The molecule has 1 amide bonds. The molecule has 7 heteroatoms. The molecular formula is C18H13ClN2O4.